The fourth-order valence-corrected chi connectivity index (χ4v) is 2.69. The van der Waals surface area contributed by atoms with Crippen LogP contribution in [0.1, 0.15) is 17.0 Å². The number of hydrogen-bond donors (Lipinski definition) is 1. The Kier molecular flexibility index (Phi) is 5.24. The van der Waals surface area contributed by atoms with E-state index in [4.69, 9.17) is 0 Å². The van der Waals surface area contributed by atoms with Crippen molar-refractivity contribution in [3.05, 3.63) is 88.0 Å². The Morgan fingerprint density at radius 1 is 0.714 bits per heavy atom. The van der Waals surface area contributed by atoms with Crippen molar-refractivity contribution < 1.29 is 29.6 Å². The molecule has 0 aliphatic heterocycles. The minimum Gasteiger partial charge on any atom is -0.481 e. The number of nitro benzene ring substituents is 4. The van der Waals surface area contributed by atoms with Crippen molar-refractivity contribution in [2.24, 2.45) is 0 Å². The van der Waals surface area contributed by atoms with E-state index in [-0.39, 0.29) is 0 Å². The SMILES string of the molecule is O=C(O)C(c1cccc([N+](=O)[O-])c1[N+](=O)[O-])c1cccc([N+](=O)[O-])c1[N+](=O)[O-]. The molecule has 2 aromatic rings. The lowest BCUT2D eigenvalue weighted by molar-refractivity contribution is -0.423. The smallest absolute Gasteiger partial charge is 0.350 e. The molecule has 14 nitrogen and oxygen atoms in total. The van der Waals surface area contributed by atoms with Crippen molar-refractivity contribution in [2.45, 2.75) is 5.92 Å². The van der Waals surface area contributed by atoms with E-state index in [0.29, 0.717) is 0 Å². The number of carboxylic acids is 1. The number of para-hydroxylation sites is 2. The van der Waals surface area contributed by atoms with Crippen LogP contribution in [0, 0.1) is 40.5 Å². The van der Waals surface area contributed by atoms with Crippen molar-refractivity contribution in [1.82, 2.24) is 0 Å². The standard InChI is InChI=1S/C14H8N4O10/c19-14(20)11(7-3-1-5-9(15(21)22)12(7)17(25)26)8-4-2-6-10(16(23)24)13(8)18(27)28/h1-6,11H,(H,19,20). The van der Waals surface area contributed by atoms with Crippen LogP contribution in [0.4, 0.5) is 22.7 Å². The van der Waals surface area contributed by atoms with Crippen LogP contribution >= 0.6 is 0 Å². The number of aliphatic carboxylic acids is 1. The van der Waals surface area contributed by atoms with Gasteiger partial charge < -0.3 is 5.11 Å². The summed E-state index contributed by atoms with van der Waals surface area (Å²) in [6.45, 7) is 0. The van der Waals surface area contributed by atoms with Crippen LogP contribution < -0.4 is 0 Å². The van der Waals surface area contributed by atoms with Crippen molar-refractivity contribution >= 4 is 28.7 Å². The Morgan fingerprint density at radius 3 is 1.32 bits per heavy atom. The van der Waals surface area contributed by atoms with Gasteiger partial charge in [0.25, 0.3) is 0 Å². The number of carbonyl (C=O) groups is 1. The highest BCUT2D eigenvalue weighted by atomic mass is 16.6. The van der Waals surface area contributed by atoms with Crippen molar-refractivity contribution in [3.8, 4) is 0 Å². The zero-order valence-corrected chi connectivity index (χ0v) is 13.5. The normalized spacial score (nSPS) is 10.5. The van der Waals surface area contributed by atoms with Crippen LogP contribution in [0.5, 0.6) is 0 Å². The molecule has 0 fully saturated rings. The first-order chi connectivity index (χ1) is 13.1. The van der Waals surface area contributed by atoms with Gasteiger partial charge >= 0.3 is 28.7 Å². The van der Waals surface area contributed by atoms with Gasteiger partial charge in [-0.15, -0.1) is 0 Å². The van der Waals surface area contributed by atoms with Crippen LogP contribution in [0.3, 0.4) is 0 Å². The second-order valence-electron chi connectivity index (χ2n) is 5.23. The molecular formula is C14H8N4O10. The van der Waals surface area contributed by atoms with Crippen molar-refractivity contribution in [2.75, 3.05) is 0 Å². The van der Waals surface area contributed by atoms with E-state index in [0.717, 1.165) is 36.4 Å². The summed E-state index contributed by atoms with van der Waals surface area (Å²) in [4.78, 5) is 52.1. The summed E-state index contributed by atoms with van der Waals surface area (Å²) in [5, 5.41) is 54.5. The number of rotatable bonds is 7. The van der Waals surface area contributed by atoms with Gasteiger partial charge in [-0.1, -0.05) is 24.3 Å². The van der Waals surface area contributed by atoms with Gasteiger partial charge in [0.05, 0.1) is 30.8 Å². The van der Waals surface area contributed by atoms with Gasteiger partial charge in [0.2, 0.25) is 0 Å². The van der Waals surface area contributed by atoms with Gasteiger partial charge in [-0.2, -0.15) is 0 Å². The highest BCUT2D eigenvalue weighted by Gasteiger charge is 2.41. The number of nitrogens with zero attached hydrogens (tertiary/aromatic N) is 4. The fourth-order valence-electron chi connectivity index (χ4n) is 2.69. The summed E-state index contributed by atoms with van der Waals surface area (Å²) in [6, 6.07) is 5.24. The lowest BCUT2D eigenvalue weighted by atomic mass is 9.88. The molecule has 0 radical (unpaired) electrons. The van der Waals surface area contributed by atoms with Gasteiger partial charge in [0, 0.05) is 12.1 Å². The van der Waals surface area contributed by atoms with E-state index in [1.54, 1.807) is 0 Å². The third kappa shape index (κ3) is 3.41. The van der Waals surface area contributed by atoms with E-state index in [1.807, 2.05) is 0 Å². The van der Waals surface area contributed by atoms with Crippen LogP contribution in [0.25, 0.3) is 0 Å². The van der Waals surface area contributed by atoms with Gasteiger partial charge in [0.1, 0.15) is 5.92 Å². The number of carboxylic acid groups (broad SMARTS) is 1. The Morgan fingerprint density at radius 2 is 1.07 bits per heavy atom. The molecule has 144 valence electrons. The number of benzene rings is 2. The first-order valence-corrected chi connectivity index (χ1v) is 7.14. The molecular weight excluding hydrogens is 384 g/mol. The maximum Gasteiger partial charge on any atom is 0.350 e. The zero-order valence-electron chi connectivity index (χ0n) is 13.5. The summed E-state index contributed by atoms with van der Waals surface area (Å²) in [6.07, 6.45) is 0. The first-order valence-electron chi connectivity index (χ1n) is 7.14. The molecule has 0 aromatic heterocycles. The van der Waals surface area contributed by atoms with Crippen LogP contribution in [-0.4, -0.2) is 30.8 Å². The second-order valence-corrected chi connectivity index (χ2v) is 5.23. The van der Waals surface area contributed by atoms with E-state index in [9.17, 15) is 50.4 Å². The molecule has 0 bridgehead atoms. The zero-order chi connectivity index (χ0) is 21.2. The lowest BCUT2D eigenvalue weighted by Gasteiger charge is -2.13. The highest BCUT2D eigenvalue weighted by molar-refractivity contribution is 5.86. The van der Waals surface area contributed by atoms with Crippen LogP contribution in [-0.2, 0) is 4.79 Å². The predicted octanol–water partition coefficient (Wildman–Crippen LogP) is 2.54. The molecule has 2 aromatic carbocycles. The summed E-state index contributed by atoms with van der Waals surface area (Å²) in [5.74, 6) is -3.97. The van der Waals surface area contributed by atoms with Gasteiger partial charge in [-0.3, -0.25) is 45.3 Å². The molecule has 14 heteroatoms. The van der Waals surface area contributed by atoms with Gasteiger partial charge in [0.15, 0.2) is 0 Å². The van der Waals surface area contributed by atoms with E-state index < -0.39 is 65.5 Å². The van der Waals surface area contributed by atoms with Gasteiger partial charge in [-0.05, 0) is 0 Å². The highest BCUT2D eigenvalue weighted by Crippen LogP contribution is 2.43. The quantitative estimate of drug-likeness (QED) is 0.537. The first kappa shape index (κ1) is 19.8. The average Bonchev–Trinajstić information content (AvgIpc) is 2.60. The maximum absolute atomic E-state index is 11.8. The van der Waals surface area contributed by atoms with E-state index in [1.165, 1.54) is 0 Å². The second kappa shape index (κ2) is 7.40. The molecule has 0 atom stereocenters. The Labute approximate surface area is 153 Å². The predicted molar refractivity (Wildman–Crippen MR) is 89.0 cm³/mol. The number of hydrogen-bond acceptors (Lipinski definition) is 9. The summed E-state index contributed by atoms with van der Waals surface area (Å²) >= 11 is 0. The Hall–Kier alpha value is -4.49. The molecule has 0 spiro atoms. The van der Waals surface area contributed by atoms with Gasteiger partial charge in [-0.25, -0.2) is 0 Å². The molecule has 0 saturated carbocycles. The van der Waals surface area contributed by atoms with E-state index in [2.05, 4.69) is 0 Å². The maximum atomic E-state index is 11.8. The fraction of sp³-hybridized carbons (Fsp3) is 0.0714. The Balaban J connectivity index is 2.93. The van der Waals surface area contributed by atoms with Crippen molar-refractivity contribution in [1.29, 1.82) is 0 Å². The average molecular weight is 392 g/mol. The molecule has 1 N–H and O–H groups in total. The monoisotopic (exact) mass is 392 g/mol. The molecule has 0 aliphatic carbocycles. The third-order valence-electron chi connectivity index (χ3n) is 3.72. The summed E-state index contributed by atoms with van der Waals surface area (Å²) in [5.41, 5.74) is -5.87. The van der Waals surface area contributed by atoms with Crippen LogP contribution in [0.15, 0.2) is 36.4 Å². The molecule has 0 saturated heterocycles. The molecule has 0 amide bonds. The molecule has 0 unspecified atom stereocenters. The molecule has 0 heterocycles. The minimum absolute atomic E-state index is 0.727. The third-order valence-corrected chi connectivity index (χ3v) is 3.72. The Bertz CT molecular complexity index is 959. The topological polar surface area (TPSA) is 210 Å². The number of nitro groups is 4. The van der Waals surface area contributed by atoms with E-state index >= 15 is 0 Å². The summed E-state index contributed by atoms with van der Waals surface area (Å²) in [7, 11) is 0. The lowest BCUT2D eigenvalue weighted by Crippen LogP contribution is -2.17. The largest absolute Gasteiger partial charge is 0.481 e. The molecule has 0 aliphatic rings. The molecule has 28 heavy (non-hydrogen) atoms. The van der Waals surface area contributed by atoms with Crippen molar-refractivity contribution in [3.63, 3.8) is 0 Å². The summed E-state index contributed by atoms with van der Waals surface area (Å²) < 4.78 is 0. The van der Waals surface area contributed by atoms with Crippen LogP contribution in [0.2, 0.25) is 0 Å². The minimum atomic E-state index is -2.14. The molecule has 2 rings (SSSR count).